The maximum absolute atomic E-state index is 11.8. The fraction of sp³-hybridized carbons (Fsp3) is 0.500. The molecule has 1 saturated carbocycles. The standard InChI is InChI=1S/C14H17N3O2S/c1-8-7-11(8)12-5-3-10(19-12)4-6-13(18)15-14-17-16-9(2)20-14/h3,5,8,11H,4,6-7H2,1-2H3,(H,15,17,18). The Kier molecular flexibility index (Phi) is 3.56. The number of carbonyl (C=O) groups excluding carboxylic acids is 1. The molecule has 3 rings (SSSR count). The molecule has 2 aromatic heterocycles. The van der Waals surface area contributed by atoms with Gasteiger partial charge in [-0.3, -0.25) is 4.79 Å². The molecule has 1 amide bonds. The number of hydrogen-bond donors (Lipinski definition) is 1. The molecule has 5 nitrogen and oxygen atoms in total. The van der Waals surface area contributed by atoms with Crippen LogP contribution in [0, 0.1) is 12.8 Å². The van der Waals surface area contributed by atoms with E-state index >= 15 is 0 Å². The first-order valence-corrected chi connectivity index (χ1v) is 7.62. The predicted octanol–water partition coefficient (Wildman–Crippen LogP) is 3.13. The van der Waals surface area contributed by atoms with Crippen molar-refractivity contribution in [3.63, 3.8) is 0 Å². The smallest absolute Gasteiger partial charge is 0.226 e. The molecule has 2 atom stereocenters. The Morgan fingerprint density at radius 2 is 2.30 bits per heavy atom. The van der Waals surface area contributed by atoms with Crippen molar-refractivity contribution in [2.45, 2.75) is 39.0 Å². The molecule has 1 aliphatic rings. The molecule has 1 N–H and O–H groups in total. The van der Waals surface area contributed by atoms with Crippen LogP contribution in [0.2, 0.25) is 0 Å². The van der Waals surface area contributed by atoms with Gasteiger partial charge in [-0.05, 0) is 31.4 Å². The van der Waals surface area contributed by atoms with E-state index in [9.17, 15) is 4.79 Å². The van der Waals surface area contributed by atoms with Crippen LogP contribution >= 0.6 is 11.3 Å². The van der Waals surface area contributed by atoms with Crippen LogP contribution in [0.15, 0.2) is 16.5 Å². The lowest BCUT2D eigenvalue weighted by molar-refractivity contribution is -0.116. The van der Waals surface area contributed by atoms with Gasteiger partial charge in [-0.25, -0.2) is 0 Å². The quantitative estimate of drug-likeness (QED) is 0.919. The minimum Gasteiger partial charge on any atom is -0.466 e. The molecule has 2 unspecified atom stereocenters. The lowest BCUT2D eigenvalue weighted by Gasteiger charge is -1.99. The monoisotopic (exact) mass is 291 g/mol. The number of nitrogens with zero attached hydrogens (tertiary/aromatic N) is 2. The second kappa shape index (κ2) is 5.36. The molecule has 2 aromatic rings. The third-order valence-electron chi connectivity index (χ3n) is 3.53. The van der Waals surface area contributed by atoms with Crippen LogP contribution in [0.4, 0.5) is 5.13 Å². The summed E-state index contributed by atoms with van der Waals surface area (Å²) in [5, 5.41) is 11.9. The fourth-order valence-corrected chi connectivity index (χ4v) is 2.82. The van der Waals surface area contributed by atoms with Crippen molar-refractivity contribution in [3.8, 4) is 0 Å². The summed E-state index contributed by atoms with van der Waals surface area (Å²) in [6.07, 6.45) is 2.22. The molecule has 2 heterocycles. The number of nitrogens with one attached hydrogen (secondary N) is 1. The Hall–Kier alpha value is -1.69. The summed E-state index contributed by atoms with van der Waals surface area (Å²) in [4.78, 5) is 11.8. The van der Waals surface area contributed by atoms with Crippen LogP contribution in [0.1, 0.15) is 42.2 Å². The third-order valence-corrected chi connectivity index (χ3v) is 4.28. The third kappa shape index (κ3) is 3.07. The van der Waals surface area contributed by atoms with Crippen molar-refractivity contribution in [1.82, 2.24) is 10.2 Å². The highest BCUT2D eigenvalue weighted by Gasteiger charge is 2.36. The highest BCUT2D eigenvalue weighted by atomic mass is 32.1. The Morgan fingerprint density at radius 3 is 2.95 bits per heavy atom. The number of aromatic nitrogens is 2. The summed E-state index contributed by atoms with van der Waals surface area (Å²) >= 11 is 1.38. The van der Waals surface area contributed by atoms with Crippen molar-refractivity contribution in [1.29, 1.82) is 0 Å². The van der Waals surface area contributed by atoms with E-state index in [1.165, 1.54) is 17.8 Å². The van der Waals surface area contributed by atoms with E-state index in [-0.39, 0.29) is 5.91 Å². The van der Waals surface area contributed by atoms with Gasteiger partial charge in [-0.15, -0.1) is 10.2 Å². The first-order chi connectivity index (χ1) is 9.61. The number of carbonyl (C=O) groups is 1. The molecule has 0 bridgehead atoms. The Balaban J connectivity index is 1.49. The minimum absolute atomic E-state index is 0.0566. The second-order valence-electron chi connectivity index (χ2n) is 5.30. The first kappa shape index (κ1) is 13.3. The van der Waals surface area contributed by atoms with E-state index in [0.717, 1.165) is 22.4 Å². The highest BCUT2D eigenvalue weighted by Crippen LogP contribution is 2.47. The lowest BCUT2D eigenvalue weighted by Crippen LogP contribution is -2.11. The van der Waals surface area contributed by atoms with E-state index < -0.39 is 0 Å². The summed E-state index contributed by atoms with van der Waals surface area (Å²) in [7, 11) is 0. The zero-order valence-corrected chi connectivity index (χ0v) is 12.4. The van der Waals surface area contributed by atoms with Gasteiger partial charge < -0.3 is 9.73 Å². The zero-order valence-electron chi connectivity index (χ0n) is 11.5. The Morgan fingerprint density at radius 1 is 1.50 bits per heavy atom. The molecule has 20 heavy (non-hydrogen) atoms. The summed E-state index contributed by atoms with van der Waals surface area (Å²) in [5.41, 5.74) is 0. The molecular formula is C14H17N3O2S. The summed E-state index contributed by atoms with van der Waals surface area (Å²) < 4.78 is 5.78. The molecule has 0 aromatic carbocycles. The molecular weight excluding hydrogens is 274 g/mol. The minimum atomic E-state index is -0.0566. The fourth-order valence-electron chi connectivity index (χ4n) is 2.21. The molecule has 1 fully saturated rings. The summed E-state index contributed by atoms with van der Waals surface area (Å²) in [6.45, 7) is 4.08. The molecule has 6 heteroatoms. The number of amides is 1. The molecule has 0 radical (unpaired) electrons. The maximum Gasteiger partial charge on any atom is 0.226 e. The Labute approximate surface area is 121 Å². The van der Waals surface area contributed by atoms with Gasteiger partial charge in [0.25, 0.3) is 0 Å². The number of rotatable bonds is 5. The van der Waals surface area contributed by atoms with Gasteiger partial charge in [-0.2, -0.15) is 0 Å². The molecule has 1 aliphatic carbocycles. The van der Waals surface area contributed by atoms with Gasteiger partial charge in [0.1, 0.15) is 16.5 Å². The molecule has 0 aliphatic heterocycles. The number of furan rings is 1. The van der Waals surface area contributed by atoms with Gasteiger partial charge in [0.05, 0.1) is 0 Å². The van der Waals surface area contributed by atoms with Crippen molar-refractivity contribution in [2.24, 2.45) is 5.92 Å². The number of anilines is 1. The lowest BCUT2D eigenvalue weighted by atomic mass is 10.2. The van der Waals surface area contributed by atoms with E-state index in [1.807, 2.05) is 19.1 Å². The van der Waals surface area contributed by atoms with Gasteiger partial charge >= 0.3 is 0 Å². The summed E-state index contributed by atoms with van der Waals surface area (Å²) in [6, 6.07) is 4.01. The van der Waals surface area contributed by atoms with Crippen molar-refractivity contribution < 1.29 is 9.21 Å². The topological polar surface area (TPSA) is 68.0 Å². The number of aryl methyl sites for hydroxylation is 2. The van der Waals surface area contributed by atoms with Crippen molar-refractivity contribution in [2.75, 3.05) is 5.32 Å². The molecule has 106 valence electrons. The van der Waals surface area contributed by atoms with Crippen LogP contribution in [0.5, 0.6) is 0 Å². The van der Waals surface area contributed by atoms with Crippen LogP contribution in [-0.4, -0.2) is 16.1 Å². The predicted molar refractivity (Wildman–Crippen MR) is 76.8 cm³/mol. The zero-order chi connectivity index (χ0) is 14.1. The van der Waals surface area contributed by atoms with Crippen molar-refractivity contribution >= 4 is 22.4 Å². The van der Waals surface area contributed by atoms with Gasteiger partial charge in [-0.1, -0.05) is 18.3 Å². The van der Waals surface area contributed by atoms with Gasteiger partial charge in [0.15, 0.2) is 0 Å². The van der Waals surface area contributed by atoms with Gasteiger partial charge in [0.2, 0.25) is 11.0 Å². The van der Waals surface area contributed by atoms with Crippen LogP contribution in [-0.2, 0) is 11.2 Å². The summed E-state index contributed by atoms with van der Waals surface area (Å²) in [5.74, 6) is 3.20. The average Bonchev–Trinajstić information content (AvgIpc) is 2.82. The largest absolute Gasteiger partial charge is 0.466 e. The van der Waals surface area contributed by atoms with E-state index in [2.05, 4.69) is 22.4 Å². The normalized spacial score (nSPS) is 20.9. The van der Waals surface area contributed by atoms with Crippen molar-refractivity contribution in [3.05, 3.63) is 28.7 Å². The van der Waals surface area contributed by atoms with E-state index in [0.29, 0.717) is 23.9 Å². The highest BCUT2D eigenvalue weighted by molar-refractivity contribution is 7.15. The SMILES string of the molecule is Cc1nnc(NC(=O)CCc2ccc(C3CC3C)o2)s1. The van der Waals surface area contributed by atoms with E-state index in [1.54, 1.807) is 0 Å². The molecule has 0 saturated heterocycles. The van der Waals surface area contributed by atoms with E-state index in [4.69, 9.17) is 4.42 Å². The van der Waals surface area contributed by atoms with Crippen LogP contribution in [0.3, 0.4) is 0 Å². The van der Waals surface area contributed by atoms with Gasteiger partial charge in [0, 0.05) is 18.8 Å². The second-order valence-corrected chi connectivity index (χ2v) is 6.48. The maximum atomic E-state index is 11.8. The molecule has 0 spiro atoms. The van der Waals surface area contributed by atoms with Crippen LogP contribution < -0.4 is 5.32 Å². The Bertz CT molecular complexity index is 619. The first-order valence-electron chi connectivity index (χ1n) is 6.80. The average molecular weight is 291 g/mol. The number of hydrogen-bond acceptors (Lipinski definition) is 5. The van der Waals surface area contributed by atoms with Crippen LogP contribution in [0.25, 0.3) is 0 Å².